The zero-order valence-corrected chi connectivity index (χ0v) is 16.0. The fourth-order valence-corrected chi connectivity index (χ4v) is 3.11. The summed E-state index contributed by atoms with van der Waals surface area (Å²) < 4.78 is 59.0. The van der Waals surface area contributed by atoms with E-state index in [1.807, 2.05) is 0 Å². The van der Waals surface area contributed by atoms with Crippen LogP contribution in [-0.2, 0) is 18.0 Å². The van der Waals surface area contributed by atoms with Crippen LogP contribution < -0.4 is 11.2 Å². The number of benzene rings is 1. The second kappa shape index (κ2) is 7.33. The van der Waals surface area contributed by atoms with Crippen LogP contribution in [0.5, 0.6) is 0 Å². The quantitative estimate of drug-likeness (QED) is 0.547. The molecule has 0 amide bonds. The van der Waals surface area contributed by atoms with E-state index in [0.717, 1.165) is 26.0 Å². The van der Waals surface area contributed by atoms with Gasteiger partial charge in [0.25, 0.3) is 5.56 Å². The molecule has 0 bridgehead atoms. The van der Waals surface area contributed by atoms with Gasteiger partial charge >= 0.3 is 17.8 Å². The van der Waals surface area contributed by atoms with Crippen LogP contribution in [0.25, 0.3) is 5.69 Å². The number of nitrogens with zero attached hydrogens (tertiary/aromatic N) is 2. The highest BCUT2D eigenvalue weighted by Gasteiger charge is 2.35. The predicted molar refractivity (Wildman–Crippen MR) is 94.9 cm³/mol. The molecule has 1 atom stereocenters. The molecule has 1 aromatic heterocycles. The van der Waals surface area contributed by atoms with E-state index in [1.165, 1.54) is 0 Å². The highest BCUT2D eigenvalue weighted by atomic mass is 35.5. The van der Waals surface area contributed by atoms with E-state index in [1.54, 1.807) is 6.92 Å². The van der Waals surface area contributed by atoms with E-state index in [-0.39, 0.29) is 31.7 Å². The maximum Gasteiger partial charge on any atom is 0.431 e. The Bertz CT molecular complexity index is 1100. The number of hydrogen-bond acceptors (Lipinski definition) is 4. The monoisotopic (exact) mass is 434 g/mol. The number of esters is 1. The minimum absolute atomic E-state index is 0.169. The van der Waals surface area contributed by atoms with E-state index >= 15 is 0 Å². The van der Waals surface area contributed by atoms with Crippen molar-refractivity contribution >= 4 is 17.6 Å². The van der Waals surface area contributed by atoms with Crippen LogP contribution in [0.3, 0.4) is 0 Å². The highest BCUT2D eigenvalue weighted by Crippen LogP contribution is 2.35. The van der Waals surface area contributed by atoms with Crippen molar-refractivity contribution in [1.82, 2.24) is 9.13 Å². The van der Waals surface area contributed by atoms with Crippen molar-refractivity contribution in [3.8, 4) is 5.69 Å². The van der Waals surface area contributed by atoms with Gasteiger partial charge in [0.15, 0.2) is 0 Å². The average molecular weight is 435 g/mol. The van der Waals surface area contributed by atoms with E-state index in [0.29, 0.717) is 6.07 Å². The molecular formula is C18H15ClF4N2O4. The van der Waals surface area contributed by atoms with Gasteiger partial charge in [-0.15, -0.1) is 0 Å². The molecule has 1 aliphatic carbocycles. The molecule has 1 unspecified atom stereocenters. The first kappa shape index (κ1) is 21.1. The number of halogens is 5. The molecule has 11 heteroatoms. The van der Waals surface area contributed by atoms with E-state index in [2.05, 4.69) is 0 Å². The van der Waals surface area contributed by atoms with Crippen molar-refractivity contribution in [2.24, 2.45) is 13.0 Å². The Morgan fingerprint density at radius 3 is 2.41 bits per heavy atom. The fraction of sp³-hybridized carbons (Fsp3) is 0.389. The van der Waals surface area contributed by atoms with Gasteiger partial charge in [-0.1, -0.05) is 11.6 Å². The first-order chi connectivity index (χ1) is 13.4. The summed E-state index contributed by atoms with van der Waals surface area (Å²) in [7, 11) is 0.793. The lowest BCUT2D eigenvalue weighted by molar-refractivity contribution is -0.144. The lowest BCUT2D eigenvalue weighted by atomic mass is 10.1. The van der Waals surface area contributed by atoms with E-state index in [9.17, 15) is 31.9 Å². The number of carbonyl (C=O) groups excluding carboxylic acids is 1. The van der Waals surface area contributed by atoms with Crippen LogP contribution in [-0.4, -0.2) is 21.2 Å². The lowest BCUT2D eigenvalue weighted by Gasteiger charge is -2.16. The largest absolute Gasteiger partial charge is 0.459 e. The number of rotatable bonds is 4. The smallest absolute Gasteiger partial charge is 0.431 e. The Hall–Kier alpha value is -2.62. The molecule has 0 saturated heterocycles. The molecule has 0 spiro atoms. The summed E-state index contributed by atoms with van der Waals surface area (Å²) in [6, 6.07) is 1.68. The molecule has 1 heterocycles. The standard InChI is InChI=1S/C18H15ClF4N2O4/c1-8(9-3-4-9)29-16(27)10-5-13(12(20)6-11(10)19)25-15(26)7-14(18(21,22)23)24(2)17(25)28/h5-9H,3-4H2,1-2H3. The van der Waals surface area contributed by atoms with Crippen LogP contribution in [0.15, 0.2) is 27.8 Å². The molecular weight excluding hydrogens is 420 g/mol. The number of aromatic nitrogens is 2. The Morgan fingerprint density at radius 1 is 1.24 bits per heavy atom. The first-order valence-electron chi connectivity index (χ1n) is 8.52. The second-order valence-electron chi connectivity index (χ2n) is 6.77. The summed E-state index contributed by atoms with van der Waals surface area (Å²) in [4.78, 5) is 36.9. The van der Waals surface area contributed by atoms with Gasteiger partial charge in [-0.05, 0) is 37.8 Å². The van der Waals surface area contributed by atoms with Crippen LogP contribution in [0, 0.1) is 11.7 Å². The molecule has 1 fully saturated rings. The van der Waals surface area contributed by atoms with Crippen molar-refractivity contribution in [2.75, 3.05) is 0 Å². The molecule has 1 saturated carbocycles. The van der Waals surface area contributed by atoms with Crippen molar-refractivity contribution in [1.29, 1.82) is 0 Å². The van der Waals surface area contributed by atoms with E-state index < -0.39 is 46.7 Å². The van der Waals surface area contributed by atoms with Gasteiger partial charge < -0.3 is 4.74 Å². The molecule has 1 aliphatic rings. The summed E-state index contributed by atoms with van der Waals surface area (Å²) in [5, 5.41) is -0.323. The summed E-state index contributed by atoms with van der Waals surface area (Å²) in [5.41, 5.74) is -5.36. The van der Waals surface area contributed by atoms with Crippen molar-refractivity contribution in [3.63, 3.8) is 0 Å². The minimum Gasteiger partial charge on any atom is -0.459 e. The predicted octanol–water partition coefficient (Wildman–Crippen LogP) is 3.30. The van der Waals surface area contributed by atoms with Gasteiger partial charge in [-0.2, -0.15) is 13.2 Å². The SMILES string of the molecule is CC(OC(=O)c1cc(-n2c(=O)cc(C(F)(F)F)n(C)c2=O)c(F)cc1Cl)C1CC1. The molecule has 29 heavy (non-hydrogen) atoms. The highest BCUT2D eigenvalue weighted by molar-refractivity contribution is 6.33. The Balaban J connectivity index is 2.12. The van der Waals surface area contributed by atoms with Gasteiger partial charge in [0.2, 0.25) is 0 Å². The van der Waals surface area contributed by atoms with Crippen LogP contribution >= 0.6 is 11.6 Å². The third kappa shape index (κ3) is 4.07. The maximum absolute atomic E-state index is 14.4. The molecule has 0 radical (unpaired) electrons. The Labute approximate surface area is 166 Å². The van der Waals surface area contributed by atoms with Crippen LogP contribution in [0.2, 0.25) is 5.02 Å². The van der Waals surface area contributed by atoms with E-state index in [4.69, 9.17) is 16.3 Å². The molecule has 6 nitrogen and oxygen atoms in total. The van der Waals surface area contributed by atoms with Gasteiger partial charge in [0.05, 0.1) is 16.3 Å². The lowest BCUT2D eigenvalue weighted by Crippen LogP contribution is -2.41. The summed E-state index contributed by atoms with van der Waals surface area (Å²) in [6.45, 7) is 1.68. The summed E-state index contributed by atoms with van der Waals surface area (Å²) in [5.74, 6) is -1.85. The number of carbonyl (C=O) groups is 1. The number of ether oxygens (including phenoxy) is 1. The molecule has 156 valence electrons. The summed E-state index contributed by atoms with van der Waals surface area (Å²) >= 11 is 5.90. The summed E-state index contributed by atoms with van der Waals surface area (Å²) in [6.07, 6.45) is -3.57. The topological polar surface area (TPSA) is 70.3 Å². The van der Waals surface area contributed by atoms with Crippen LogP contribution in [0.4, 0.5) is 17.6 Å². The average Bonchev–Trinajstić information content (AvgIpc) is 3.43. The van der Waals surface area contributed by atoms with Crippen molar-refractivity contribution in [2.45, 2.75) is 32.0 Å². The molecule has 2 aromatic rings. The molecule has 3 rings (SSSR count). The second-order valence-corrected chi connectivity index (χ2v) is 7.18. The van der Waals surface area contributed by atoms with Gasteiger partial charge in [0, 0.05) is 13.1 Å². The maximum atomic E-state index is 14.4. The third-order valence-corrected chi connectivity index (χ3v) is 5.00. The zero-order valence-electron chi connectivity index (χ0n) is 15.2. The van der Waals surface area contributed by atoms with Crippen molar-refractivity contribution < 1.29 is 27.1 Å². The Morgan fingerprint density at radius 2 is 1.86 bits per heavy atom. The number of alkyl halides is 3. The van der Waals surface area contributed by atoms with Gasteiger partial charge in [0.1, 0.15) is 17.6 Å². The van der Waals surface area contributed by atoms with Gasteiger partial charge in [-0.25, -0.2) is 18.5 Å². The first-order valence-corrected chi connectivity index (χ1v) is 8.90. The van der Waals surface area contributed by atoms with Gasteiger partial charge in [-0.3, -0.25) is 9.36 Å². The molecule has 0 N–H and O–H groups in total. The fourth-order valence-electron chi connectivity index (χ4n) is 2.88. The van der Waals surface area contributed by atoms with Crippen molar-refractivity contribution in [3.05, 3.63) is 61.1 Å². The number of hydrogen-bond donors (Lipinski definition) is 0. The zero-order chi connectivity index (χ0) is 21.7. The van der Waals surface area contributed by atoms with Crippen LogP contribution in [0.1, 0.15) is 35.8 Å². The Kier molecular flexibility index (Phi) is 5.33. The minimum atomic E-state index is -4.96. The third-order valence-electron chi connectivity index (χ3n) is 4.69. The molecule has 1 aromatic carbocycles. The molecule has 0 aliphatic heterocycles. The normalized spacial score (nSPS) is 15.3.